The van der Waals surface area contributed by atoms with Gasteiger partial charge in [0.15, 0.2) is 0 Å². The zero-order valence-corrected chi connectivity index (χ0v) is 51.8. The van der Waals surface area contributed by atoms with Crippen LogP contribution in [0, 0.1) is 141 Å². The summed E-state index contributed by atoms with van der Waals surface area (Å²) in [6.45, 7) is 16.1. The van der Waals surface area contributed by atoms with E-state index in [4.69, 9.17) is 14.2 Å². The van der Waals surface area contributed by atoms with E-state index in [1.54, 1.807) is 23.8 Å². The third-order valence-electron chi connectivity index (χ3n) is 30.0. The summed E-state index contributed by atoms with van der Waals surface area (Å²) in [5.41, 5.74) is 6.55. The number of ether oxygens (including phenoxy) is 3. The molecule has 12 nitrogen and oxygen atoms in total. The molecular formula is C74H95N3O9. The van der Waals surface area contributed by atoms with Gasteiger partial charge in [0.05, 0.1) is 17.1 Å². The average Bonchev–Trinajstić information content (AvgIpc) is 1.50. The monoisotopic (exact) mass is 1170 g/mol. The molecule has 3 heterocycles. The lowest BCUT2D eigenvalue weighted by Crippen LogP contribution is -2.57. The number of rotatable bonds is 5. The highest BCUT2D eigenvalue weighted by atomic mass is 16.6. The molecule has 0 aromatic heterocycles. The van der Waals surface area contributed by atoms with Crippen LogP contribution in [-0.2, 0) is 28.6 Å². The van der Waals surface area contributed by atoms with Crippen LogP contribution in [0.3, 0.4) is 0 Å². The number of oxime groups is 3. The molecule has 0 aromatic carbocycles. The minimum absolute atomic E-state index is 0.0965. The van der Waals surface area contributed by atoms with Gasteiger partial charge in [0.25, 0.3) is 0 Å². The van der Waals surface area contributed by atoms with Crippen LogP contribution in [-0.4, -0.2) is 67.5 Å². The predicted molar refractivity (Wildman–Crippen MR) is 327 cm³/mol. The van der Waals surface area contributed by atoms with Gasteiger partial charge in [0.1, 0.15) is 16.8 Å². The SMILES string of the molecule is C=CC1CC2=C/C(=N/O)CC[C@@H]2C2CC[C@@]3(CC)C(C4CC4[C@@]34C=CC(=O)O4)C12.CCC1CC2=C/C(=N/O)CC[C@@H]2C2CC[C@@]3(CC)C(C4CC4[C@@]34C=CC(=O)O4)C12.CC[C@]12CCC3C(C(C)CC4=C/C(=N/O)CC[C@@H]43)C1C1CC1[C@@]21C=CC(=O)O1. The van der Waals surface area contributed by atoms with E-state index in [1.165, 1.54) is 68.9 Å². The first-order valence-electron chi connectivity index (χ1n) is 34.8. The Kier molecular flexibility index (Phi) is 12.9. The fraction of sp³-hybridized carbons (Fsp3) is 0.730. The summed E-state index contributed by atoms with van der Waals surface area (Å²) >= 11 is 0. The molecule has 15 aliphatic carbocycles. The van der Waals surface area contributed by atoms with E-state index < -0.39 is 0 Å². The minimum atomic E-state index is -0.343. The van der Waals surface area contributed by atoms with Crippen molar-refractivity contribution in [2.24, 2.45) is 156 Å². The molecule has 12 saturated carbocycles. The quantitative estimate of drug-likeness (QED) is 0.0795. The Bertz CT molecular complexity index is 3200. The largest absolute Gasteiger partial charge is 0.451 e. The summed E-state index contributed by atoms with van der Waals surface area (Å²) in [7, 11) is 0. The summed E-state index contributed by atoms with van der Waals surface area (Å²) in [6, 6.07) is 0. The van der Waals surface area contributed by atoms with Gasteiger partial charge in [-0.3, -0.25) is 0 Å². The summed E-state index contributed by atoms with van der Waals surface area (Å²) in [4.78, 5) is 36.5. The van der Waals surface area contributed by atoms with Crippen molar-refractivity contribution in [3.8, 4) is 0 Å². The van der Waals surface area contributed by atoms with E-state index in [0.29, 0.717) is 88.8 Å². The molecule has 0 saturated heterocycles. The lowest BCUT2D eigenvalue weighted by molar-refractivity contribution is -0.175. The average molecular weight is 1170 g/mol. The second-order valence-corrected chi connectivity index (χ2v) is 31.6. The van der Waals surface area contributed by atoms with Gasteiger partial charge in [-0.25, -0.2) is 14.4 Å². The molecule has 27 atom stereocenters. The molecular weight excluding hydrogens is 1070 g/mol. The number of esters is 3. The van der Waals surface area contributed by atoms with Crippen molar-refractivity contribution in [2.45, 2.75) is 193 Å². The summed E-state index contributed by atoms with van der Waals surface area (Å²) in [5, 5.41) is 38.4. The van der Waals surface area contributed by atoms with Crippen molar-refractivity contribution in [3.05, 3.63) is 84.1 Å². The van der Waals surface area contributed by atoms with E-state index in [1.807, 2.05) is 0 Å². The minimum Gasteiger partial charge on any atom is -0.451 e. The van der Waals surface area contributed by atoms with Crippen molar-refractivity contribution in [3.63, 3.8) is 0 Å². The first-order chi connectivity index (χ1) is 41.7. The second kappa shape index (κ2) is 19.7. The summed E-state index contributed by atoms with van der Waals surface area (Å²) in [5.74, 6) is 13.6. The molecule has 460 valence electrons. The number of fused-ring (bicyclic) bond motifs is 27. The number of hydrogen-bond donors (Lipinski definition) is 3. The molecule has 18 rings (SSSR count). The third-order valence-corrected chi connectivity index (χ3v) is 30.0. The molecule has 3 aliphatic heterocycles. The Morgan fingerprint density at radius 2 is 0.884 bits per heavy atom. The molecule has 0 aromatic rings. The number of nitrogens with zero attached hydrogens (tertiary/aromatic N) is 3. The maximum Gasteiger partial charge on any atom is 0.331 e. The molecule has 3 N–H and O–H groups in total. The fourth-order valence-electron chi connectivity index (χ4n) is 27.3. The first-order valence-corrected chi connectivity index (χ1v) is 34.8. The first kappa shape index (κ1) is 56.2. The van der Waals surface area contributed by atoms with Gasteiger partial charge in [0, 0.05) is 52.2 Å². The smallest absolute Gasteiger partial charge is 0.331 e. The topological polar surface area (TPSA) is 177 Å². The molecule has 18 aliphatic rings. The lowest BCUT2D eigenvalue weighted by Gasteiger charge is -2.60. The van der Waals surface area contributed by atoms with Gasteiger partial charge in [0.2, 0.25) is 0 Å². The Balaban J connectivity index is 0.000000105. The van der Waals surface area contributed by atoms with Crippen LogP contribution < -0.4 is 0 Å². The summed E-state index contributed by atoms with van der Waals surface area (Å²) < 4.78 is 18.6. The van der Waals surface area contributed by atoms with Crippen molar-refractivity contribution >= 4 is 35.0 Å². The van der Waals surface area contributed by atoms with E-state index >= 15 is 0 Å². The lowest BCUT2D eigenvalue weighted by atomic mass is 9.45. The van der Waals surface area contributed by atoms with E-state index in [0.717, 1.165) is 136 Å². The number of carbonyl (C=O) groups excluding carboxylic acids is 3. The zero-order chi connectivity index (χ0) is 59.2. The normalized spacial score (nSPS) is 53.6. The highest BCUT2D eigenvalue weighted by molar-refractivity contribution is 5.97. The Morgan fingerprint density at radius 1 is 0.512 bits per heavy atom. The van der Waals surface area contributed by atoms with Crippen LogP contribution in [0.1, 0.15) is 176 Å². The van der Waals surface area contributed by atoms with E-state index in [-0.39, 0.29) is 51.0 Å². The van der Waals surface area contributed by atoms with Crippen molar-refractivity contribution in [1.29, 1.82) is 0 Å². The molecule has 18 unspecified atom stereocenters. The van der Waals surface area contributed by atoms with Gasteiger partial charge < -0.3 is 29.8 Å². The Hall–Kier alpha value is -5.00. The van der Waals surface area contributed by atoms with E-state index in [2.05, 4.69) is 99.2 Å². The molecule has 0 radical (unpaired) electrons. The number of allylic oxidation sites excluding steroid dienone is 7. The molecule has 86 heavy (non-hydrogen) atoms. The van der Waals surface area contributed by atoms with Crippen LogP contribution in [0.2, 0.25) is 0 Å². The van der Waals surface area contributed by atoms with Gasteiger partial charge in [-0.2, -0.15) is 0 Å². The highest BCUT2D eigenvalue weighted by Gasteiger charge is 2.82. The number of carbonyl (C=O) groups is 3. The molecule has 0 amide bonds. The maximum atomic E-state index is 12.2. The summed E-state index contributed by atoms with van der Waals surface area (Å²) in [6.07, 6.45) is 45.4. The Morgan fingerprint density at radius 3 is 1.26 bits per heavy atom. The maximum absolute atomic E-state index is 12.2. The van der Waals surface area contributed by atoms with Crippen LogP contribution >= 0.6 is 0 Å². The van der Waals surface area contributed by atoms with Crippen molar-refractivity contribution in [1.82, 2.24) is 0 Å². The molecule has 3 spiro atoms. The van der Waals surface area contributed by atoms with Gasteiger partial charge in [-0.1, -0.05) is 79.3 Å². The second-order valence-electron chi connectivity index (χ2n) is 31.6. The van der Waals surface area contributed by atoms with Crippen LogP contribution in [0.5, 0.6) is 0 Å². The molecule has 12 fully saturated rings. The fourth-order valence-corrected chi connectivity index (χ4v) is 27.3. The van der Waals surface area contributed by atoms with E-state index in [9.17, 15) is 30.0 Å². The third kappa shape index (κ3) is 7.28. The van der Waals surface area contributed by atoms with Gasteiger partial charge >= 0.3 is 17.9 Å². The number of hydrogen-bond acceptors (Lipinski definition) is 12. The van der Waals surface area contributed by atoms with Crippen LogP contribution in [0.25, 0.3) is 0 Å². The standard InChI is InChI=1S/C25H33NO3.C25H31NO3.C24H31NO3/c2*1-3-14-11-15-12-16(26-28)5-6-17(15)18-7-9-24(4-2)23(22(14)18)19-13-20(19)25(24)10-8-21(27)29-25;1-3-23-8-6-17-16-5-4-15(25-27)11-14(16)10-13(2)21(17)22(23)18-12-19(18)24(23)9-7-20(26)28-24/h8,10,12,14,17-20,22-23,28H,3-7,9,11,13H2,1-2H3;3,8,10,12,14,17-20,22-23,28H,1,4-7,9,11,13H2,2H3;7,9,11,13,16-19,21-22,27H,3-6,8,10,12H2,1-2H3/b2*26-16+;25-15+/t2*14?,17-,18?,19?,20?,22?,23?,24-,25-;13?,16-,17?,18?,19?,21?,22?,23-,24-/m000/s1. The Labute approximate surface area is 509 Å². The van der Waals surface area contributed by atoms with Crippen molar-refractivity contribution in [2.75, 3.05) is 0 Å². The zero-order valence-electron chi connectivity index (χ0n) is 51.8. The van der Waals surface area contributed by atoms with Gasteiger partial charge in [-0.05, 0) is 278 Å². The molecule has 12 heteroatoms. The van der Waals surface area contributed by atoms with Gasteiger partial charge in [-0.15, -0.1) is 6.58 Å². The van der Waals surface area contributed by atoms with Crippen molar-refractivity contribution < 1.29 is 44.2 Å². The van der Waals surface area contributed by atoms with Crippen LogP contribution in [0.4, 0.5) is 0 Å². The molecule has 0 bridgehead atoms. The van der Waals surface area contributed by atoms with Crippen LogP contribution in [0.15, 0.2) is 99.5 Å². The highest BCUT2D eigenvalue weighted by Crippen LogP contribution is 2.82. The predicted octanol–water partition coefficient (Wildman–Crippen LogP) is 14.8.